The molecule has 0 aromatic carbocycles. The molecule has 182 valence electrons. The maximum Gasteiger partial charge on any atom is 0.331 e. The Labute approximate surface area is 197 Å². The predicted octanol–water partition coefficient (Wildman–Crippen LogP) is 3.87. The minimum atomic E-state index is -1.62. The number of aliphatic hydroxyl groups excluding tert-OH is 1. The second kappa shape index (κ2) is 6.84. The van der Waals surface area contributed by atoms with Crippen molar-refractivity contribution in [2.75, 3.05) is 0 Å². The van der Waals surface area contributed by atoms with E-state index in [1.807, 2.05) is 6.92 Å². The number of ether oxygens (including phenoxy) is 1. The lowest BCUT2D eigenvalue weighted by molar-refractivity contribution is -0.185. The molecule has 2 saturated carbocycles. The number of esters is 1. The zero-order chi connectivity index (χ0) is 24.8. The lowest BCUT2D eigenvalue weighted by atomic mass is 9.40. The molecule has 0 spiro atoms. The number of hydrogen-bond acceptors (Lipinski definition) is 7. The molecule has 1 aromatic rings. The fourth-order valence-corrected chi connectivity index (χ4v) is 7.71. The molecule has 8 nitrogen and oxygen atoms in total. The number of allylic oxidation sites excluding steroid dienone is 1. The van der Waals surface area contributed by atoms with E-state index in [1.165, 1.54) is 18.6 Å². The van der Waals surface area contributed by atoms with Gasteiger partial charge in [-0.2, -0.15) is 0 Å². The van der Waals surface area contributed by atoms with Crippen LogP contribution in [0.1, 0.15) is 65.0 Å². The van der Waals surface area contributed by atoms with Gasteiger partial charge in [-0.1, -0.05) is 27.7 Å². The highest BCUT2D eigenvalue weighted by atomic mass is 16.5. The van der Waals surface area contributed by atoms with Crippen molar-refractivity contribution in [3.8, 4) is 0 Å². The van der Waals surface area contributed by atoms with Crippen molar-refractivity contribution in [1.82, 2.24) is 0 Å². The van der Waals surface area contributed by atoms with Crippen molar-refractivity contribution >= 4 is 17.7 Å². The molecule has 4 aliphatic rings. The van der Waals surface area contributed by atoms with Gasteiger partial charge in [0.05, 0.1) is 24.5 Å². The molecule has 2 bridgehead atoms. The van der Waals surface area contributed by atoms with Gasteiger partial charge in [-0.3, -0.25) is 9.59 Å². The zero-order valence-corrected chi connectivity index (χ0v) is 19.8. The first-order chi connectivity index (χ1) is 15.8. The summed E-state index contributed by atoms with van der Waals surface area (Å²) in [4.78, 5) is 38.3. The molecule has 0 amide bonds. The van der Waals surface area contributed by atoms with E-state index in [0.29, 0.717) is 24.0 Å². The molecule has 3 N–H and O–H groups in total. The lowest BCUT2D eigenvalue weighted by Gasteiger charge is -2.64. The fourth-order valence-electron chi connectivity index (χ4n) is 7.71. The molecule has 0 saturated heterocycles. The number of Topliss-reactive ketones (excluding diaryl/α,β-unsaturated/α-hetero) is 1. The van der Waals surface area contributed by atoms with Crippen molar-refractivity contribution in [2.24, 2.45) is 28.1 Å². The molecular weight excluding hydrogens is 440 g/mol. The number of fused-ring (bicyclic) bond motifs is 6. The minimum Gasteiger partial charge on any atom is -0.511 e. The smallest absolute Gasteiger partial charge is 0.331 e. The molecule has 34 heavy (non-hydrogen) atoms. The number of ketones is 1. The summed E-state index contributed by atoms with van der Waals surface area (Å²) in [6, 6.07) is 1.72. The Bertz CT molecular complexity index is 1160. The van der Waals surface area contributed by atoms with Crippen LogP contribution in [-0.4, -0.2) is 38.6 Å². The quantitative estimate of drug-likeness (QED) is 0.567. The number of carbonyl (C=O) groups is 3. The Balaban J connectivity index is 1.72. The summed E-state index contributed by atoms with van der Waals surface area (Å²) in [7, 11) is 0. The van der Waals surface area contributed by atoms with Crippen LogP contribution in [0.15, 0.2) is 46.0 Å². The lowest BCUT2D eigenvalue weighted by Crippen LogP contribution is -2.67. The van der Waals surface area contributed by atoms with Crippen molar-refractivity contribution in [3.05, 3.63) is 47.1 Å². The summed E-state index contributed by atoms with van der Waals surface area (Å²) in [6.45, 7) is 7.16. The molecule has 0 radical (unpaired) electrons. The van der Waals surface area contributed by atoms with Crippen LogP contribution in [0, 0.1) is 28.1 Å². The first-order valence-corrected chi connectivity index (χ1v) is 11.6. The van der Waals surface area contributed by atoms with Gasteiger partial charge in [0.25, 0.3) is 0 Å². The summed E-state index contributed by atoms with van der Waals surface area (Å²) < 4.78 is 10.9. The standard InChI is InChI=1S/C26H30O8/c1-23(2)16(9-18(27)28)25(4)15-5-7-24(3)17(26(15,32)11-14(20(23)30)21(25)31)10-19(29)34-22(24)13-6-8-33-12-13/h6,8,10,12,15-16,22,30,32H,5,7,9,11H2,1-4H3,(H,27,28). The number of furan rings is 1. The number of cyclic esters (lactones) is 1. The summed E-state index contributed by atoms with van der Waals surface area (Å²) in [5.41, 5.74) is -3.31. The highest BCUT2D eigenvalue weighted by Crippen LogP contribution is 2.69. The van der Waals surface area contributed by atoms with Crippen LogP contribution in [0.3, 0.4) is 0 Å². The van der Waals surface area contributed by atoms with Gasteiger partial charge < -0.3 is 24.5 Å². The third-order valence-electron chi connectivity index (χ3n) is 9.33. The average molecular weight is 471 g/mol. The number of aliphatic hydroxyl groups is 2. The van der Waals surface area contributed by atoms with Gasteiger partial charge in [0, 0.05) is 45.8 Å². The Hall–Kier alpha value is -2.87. The highest BCUT2D eigenvalue weighted by molar-refractivity contribution is 6.04. The number of carbonyl (C=O) groups excluding carboxylic acids is 2. The van der Waals surface area contributed by atoms with E-state index in [9.17, 15) is 29.7 Å². The van der Waals surface area contributed by atoms with Crippen LogP contribution in [0.2, 0.25) is 0 Å². The van der Waals surface area contributed by atoms with Gasteiger partial charge in [0.15, 0.2) is 5.78 Å². The van der Waals surface area contributed by atoms with Crippen molar-refractivity contribution in [1.29, 1.82) is 0 Å². The predicted molar refractivity (Wildman–Crippen MR) is 118 cm³/mol. The molecular formula is C26H30O8. The molecule has 6 atom stereocenters. The Kier molecular flexibility index (Phi) is 4.61. The van der Waals surface area contributed by atoms with Crippen molar-refractivity contribution in [2.45, 2.75) is 65.1 Å². The van der Waals surface area contributed by atoms with Crippen LogP contribution in [0.5, 0.6) is 0 Å². The normalized spacial score (nSPS) is 40.7. The number of carboxylic acid groups (broad SMARTS) is 1. The van der Waals surface area contributed by atoms with E-state index >= 15 is 0 Å². The molecule has 5 rings (SSSR count). The summed E-state index contributed by atoms with van der Waals surface area (Å²) in [6.07, 6.45) is 4.15. The Morgan fingerprint density at radius 1 is 1.21 bits per heavy atom. The summed E-state index contributed by atoms with van der Waals surface area (Å²) >= 11 is 0. The van der Waals surface area contributed by atoms with Gasteiger partial charge in [0.2, 0.25) is 0 Å². The monoisotopic (exact) mass is 470 g/mol. The van der Waals surface area contributed by atoms with Gasteiger partial charge in [-0.15, -0.1) is 0 Å². The van der Waals surface area contributed by atoms with Crippen molar-refractivity contribution < 1.29 is 38.9 Å². The van der Waals surface area contributed by atoms with Crippen LogP contribution in [0.25, 0.3) is 0 Å². The van der Waals surface area contributed by atoms with E-state index in [0.717, 1.165) is 0 Å². The van der Waals surface area contributed by atoms with E-state index in [4.69, 9.17) is 9.15 Å². The summed E-state index contributed by atoms with van der Waals surface area (Å²) in [5.74, 6) is -3.51. The van der Waals surface area contributed by atoms with Crippen LogP contribution in [-0.2, 0) is 19.1 Å². The highest BCUT2D eigenvalue weighted by Gasteiger charge is 2.71. The third kappa shape index (κ3) is 2.66. The van der Waals surface area contributed by atoms with E-state index in [-0.39, 0.29) is 30.0 Å². The first-order valence-electron chi connectivity index (χ1n) is 11.6. The Morgan fingerprint density at radius 3 is 2.53 bits per heavy atom. The minimum absolute atomic E-state index is 0.122. The Morgan fingerprint density at radius 2 is 1.91 bits per heavy atom. The van der Waals surface area contributed by atoms with E-state index in [2.05, 4.69) is 0 Å². The number of hydrogen-bond donors (Lipinski definition) is 3. The van der Waals surface area contributed by atoms with Crippen LogP contribution >= 0.6 is 0 Å². The topological polar surface area (TPSA) is 134 Å². The van der Waals surface area contributed by atoms with Crippen LogP contribution < -0.4 is 0 Å². The van der Waals surface area contributed by atoms with Gasteiger partial charge in [-0.05, 0) is 30.4 Å². The number of aliphatic carboxylic acids is 1. The van der Waals surface area contributed by atoms with Gasteiger partial charge in [0.1, 0.15) is 11.9 Å². The average Bonchev–Trinajstić information content (AvgIpc) is 3.28. The number of rotatable bonds is 3. The summed E-state index contributed by atoms with van der Waals surface area (Å²) in [5, 5.41) is 33.2. The second-order valence-electron chi connectivity index (χ2n) is 11.4. The molecule has 6 unspecified atom stereocenters. The van der Waals surface area contributed by atoms with E-state index < -0.39 is 51.7 Å². The third-order valence-corrected chi connectivity index (χ3v) is 9.33. The largest absolute Gasteiger partial charge is 0.511 e. The maximum absolute atomic E-state index is 13.7. The first kappa shape index (κ1) is 22.9. The SMILES string of the molecule is CC1(C)C(O)=C2CC3(O)C4=CC(=O)OC(c5ccoc5)C4(C)CCC3C(C)(C2=O)C1CC(=O)O. The number of carboxylic acids is 1. The fraction of sp³-hybridized carbons (Fsp3) is 0.577. The van der Waals surface area contributed by atoms with Crippen LogP contribution in [0.4, 0.5) is 0 Å². The molecule has 1 aromatic heterocycles. The maximum atomic E-state index is 13.7. The molecule has 2 heterocycles. The molecule has 8 heteroatoms. The zero-order valence-electron chi connectivity index (χ0n) is 19.8. The van der Waals surface area contributed by atoms with E-state index in [1.54, 1.807) is 26.8 Å². The molecule has 1 aliphatic heterocycles. The van der Waals surface area contributed by atoms with Gasteiger partial charge >= 0.3 is 11.9 Å². The molecule has 2 fully saturated rings. The molecule has 3 aliphatic carbocycles. The van der Waals surface area contributed by atoms with Crippen molar-refractivity contribution in [3.63, 3.8) is 0 Å². The second-order valence-corrected chi connectivity index (χ2v) is 11.4. The van der Waals surface area contributed by atoms with Gasteiger partial charge in [-0.25, -0.2) is 4.79 Å².